The maximum absolute atomic E-state index is 15.3. The first kappa shape index (κ1) is 31.0. The fraction of sp³-hybridized carbons (Fsp3) is 0.189. The van der Waals surface area contributed by atoms with Crippen molar-refractivity contribution in [1.82, 2.24) is 13.9 Å². The molecule has 5 aromatic rings. The van der Waals surface area contributed by atoms with Crippen molar-refractivity contribution >= 4 is 40.7 Å². The Morgan fingerprint density at radius 2 is 1.53 bits per heavy atom. The van der Waals surface area contributed by atoms with Gasteiger partial charge in [0, 0.05) is 10.9 Å². The quantitative estimate of drug-likeness (QED) is 0.189. The standard InChI is InChI=1S/C37H28Cl2N4O6/c1-49-30-18-21(17-28(39)32(30)44)31-26-15-16-40-35(47)42(24-12-6-3-7-13-24)36(48)43(40)29(26)20-27-33(45)41(25-14-8-11-23(38)19-25)34(46)37(27,31)22-9-4-2-5-10-22/h2-15,17-19,27,29,31,44H,16,20H2,1H3. The highest BCUT2D eigenvalue weighted by Crippen LogP contribution is 2.63. The van der Waals surface area contributed by atoms with Crippen molar-refractivity contribution in [3.8, 4) is 17.2 Å². The number of fused-ring (bicyclic) bond motifs is 4. The molecule has 3 aliphatic rings. The molecular weight excluding hydrogens is 667 g/mol. The second-order valence-electron chi connectivity index (χ2n) is 12.4. The lowest BCUT2D eigenvalue weighted by atomic mass is 9.53. The zero-order valence-electron chi connectivity index (χ0n) is 26.0. The number of allylic oxidation sites excluding steroid dienone is 2. The number of rotatable bonds is 5. The number of hydrogen-bond donors (Lipinski definition) is 1. The van der Waals surface area contributed by atoms with Crippen molar-refractivity contribution in [3.63, 3.8) is 0 Å². The van der Waals surface area contributed by atoms with Crippen molar-refractivity contribution in [2.75, 3.05) is 12.0 Å². The number of imide groups is 1. The third kappa shape index (κ3) is 4.33. The van der Waals surface area contributed by atoms with Crippen LogP contribution in [0.25, 0.3) is 5.69 Å². The molecular formula is C37H28Cl2N4O6. The number of phenols is 1. The van der Waals surface area contributed by atoms with E-state index in [1.54, 1.807) is 66.7 Å². The summed E-state index contributed by atoms with van der Waals surface area (Å²) in [6.07, 6.45) is 1.90. The summed E-state index contributed by atoms with van der Waals surface area (Å²) in [5, 5.41) is 11.1. The Kier molecular flexibility index (Phi) is 7.20. The molecule has 2 amide bonds. The van der Waals surface area contributed by atoms with Gasteiger partial charge >= 0.3 is 11.4 Å². The highest BCUT2D eigenvalue weighted by molar-refractivity contribution is 6.33. The number of amides is 2. The number of carbonyl (C=O) groups excluding carboxylic acids is 2. The third-order valence-corrected chi connectivity index (χ3v) is 10.6. The van der Waals surface area contributed by atoms with E-state index >= 15 is 4.79 Å². The number of carbonyl (C=O) groups is 2. The minimum Gasteiger partial charge on any atom is -0.503 e. The van der Waals surface area contributed by atoms with E-state index < -0.39 is 46.5 Å². The first-order chi connectivity index (χ1) is 23.7. The van der Waals surface area contributed by atoms with E-state index in [-0.39, 0.29) is 29.5 Å². The molecule has 0 bridgehead atoms. The van der Waals surface area contributed by atoms with Crippen LogP contribution in [0.2, 0.25) is 10.0 Å². The fourth-order valence-electron chi connectivity index (χ4n) is 8.09. The van der Waals surface area contributed by atoms with Crippen molar-refractivity contribution in [2.45, 2.75) is 30.3 Å². The van der Waals surface area contributed by atoms with Gasteiger partial charge in [-0.25, -0.2) is 28.4 Å². The summed E-state index contributed by atoms with van der Waals surface area (Å²) in [6, 6.07) is 26.7. The maximum Gasteiger partial charge on any atom is 0.352 e. The summed E-state index contributed by atoms with van der Waals surface area (Å²) in [7, 11) is 1.39. The number of nitrogens with zero attached hydrogens (tertiary/aromatic N) is 4. The Balaban J connectivity index is 1.44. The van der Waals surface area contributed by atoms with Gasteiger partial charge in [-0.05, 0) is 65.6 Å². The minimum absolute atomic E-state index is 0.0135. The zero-order valence-corrected chi connectivity index (χ0v) is 27.5. The molecule has 2 fully saturated rings. The monoisotopic (exact) mass is 694 g/mol. The van der Waals surface area contributed by atoms with Gasteiger partial charge in [0.1, 0.15) is 0 Å². The average Bonchev–Trinajstić information content (AvgIpc) is 3.50. The Morgan fingerprint density at radius 3 is 2.22 bits per heavy atom. The van der Waals surface area contributed by atoms with Gasteiger partial charge in [-0.3, -0.25) is 9.59 Å². The van der Waals surface area contributed by atoms with Gasteiger partial charge in [0.05, 0.1) is 47.4 Å². The summed E-state index contributed by atoms with van der Waals surface area (Å²) in [5.74, 6) is -3.02. The number of methoxy groups -OCH3 is 1. The highest BCUT2D eigenvalue weighted by atomic mass is 35.5. The normalized spacial score (nSPS) is 22.7. The van der Waals surface area contributed by atoms with Crippen LogP contribution in [-0.4, -0.2) is 38.0 Å². The number of halogens is 2. The molecule has 1 aromatic heterocycles. The number of phenolic OH excluding ortho intramolecular Hbond substituents is 1. The van der Waals surface area contributed by atoms with E-state index in [2.05, 4.69) is 0 Å². The Hall–Kier alpha value is -5.32. The smallest absolute Gasteiger partial charge is 0.352 e. The molecule has 12 heteroatoms. The van der Waals surface area contributed by atoms with Gasteiger partial charge < -0.3 is 9.84 Å². The molecule has 246 valence electrons. The van der Waals surface area contributed by atoms with E-state index in [0.717, 1.165) is 4.57 Å². The van der Waals surface area contributed by atoms with Gasteiger partial charge in [-0.15, -0.1) is 0 Å². The lowest BCUT2D eigenvalue weighted by Gasteiger charge is -2.49. The maximum atomic E-state index is 15.3. The van der Waals surface area contributed by atoms with Gasteiger partial charge in [-0.1, -0.05) is 83.9 Å². The van der Waals surface area contributed by atoms with E-state index in [4.69, 9.17) is 27.9 Å². The first-order valence-corrected chi connectivity index (χ1v) is 16.4. The second-order valence-corrected chi connectivity index (χ2v) is 13.2. The predicted molar refractivity (Wildman–Crippen MR) is 184 cm³/mol. The SMILES string of the molecule is COc1cc(C2C3=CCn4c(=O)n(-c5ccccc5)c(=O)n4C3CC3C(=O)N(c4cccc(Cl)c4)C(=O)C32c2ccccc2)cc(Cl)c1O. The summed E-state index contributed by atoms with van der Waals surface area (Å²) in [6.45, 7) is 0.0366. The van der Waals surface area contributed by atoms with Crippen LogP contribution in [0.4, 0.5) is 5.69 Å². The van der Waals surface area contributed by atoms with Crippen LogP contribution < -0.4 is 21.0 Å². The van der Waals surface area contributed by atoms with Gasteiger partial charge in [0.15, 0.2) is 11.5 Å². The van der Waals surface area contributed by atoms with E-state index in [1.165, 1.54) is 21.4 Å². The molecule has 2 aliphatic heterocycles. The minimum atomic E-state index is -1.53. The molecule has 0 spiro atoms. The molecule has 49 heavy (non-hydrogen) atoms. The molecule has 8 rings (SSSR count). The number of ether oxygens (including phenoxy) is 1. The molecule has 4 atom stereocenters. The van der Waals surface area contributed by atoms with Gasteiger partial charge in [0.25, 0.3) is 0 Å². The Bertz CT molecular complexity index is 2330. The summed E-state index contributed by atoms with van der Waals surface area (Å²) in [4.78, 5) is 59.4. The number of benzene rings is 4. The van der Waals surface area contributed by atoms with Gasteiger partial charge in [-0.2, -0.15) is 0 Å². The summed E-state index contributed by atoms with van der Waals surface area (Å²) in [5.41, 5.74) is -0.151. The van der Waals surface area contributed by atoms with E-state index in [9.17, 15) is 19.5 Å². The summed E-state index contributed by atoms with van der Waals surface area (Å²) >= 11 is 13.0. The highest BCUT2D eigenvalue weighted by Gasteiger charge is 2.68. The molecule has 10 nitrogen and oxygen atoms in total. The lowest BCUT2D eigenvalue weighted by molar-refractivity contribution is -0.124. The third-order valence-electron chi connectivity index (χ3n) is 10.0. The molecule has 3 heterocycles. The topological polar surface area (TPSA) is 116 Å². The van der Waals surface area contributed by atoms with Crippen molar-refractivity contribution in [1.29, 1.82) is 0 Å². The molecule has 1 saturated heterocycles. The number of hydrogen-bond acceptors (Lipinski definition) is 6. The fourth-order valence-corrected chi connectivity index (χ4v) is 8.50. The number of aromatic nitrogens is 3. The number of anilines is 1. The molecule has 4 unspecified atom stereocenters. The number of aromatic hydroxyl groups is 1. The molecule has 1 N–H and O–H groups in total. The van der Waals surface area contributed by atoms with Crippen molar-refractivity contribution in [2.24, 2.45) is 5.92 Å². The molecule has 4 aromatic carbocycles. The Morgan fingerprint density at radius 1 is 0.837 bits per heavy atom. The van der Waals surface area contributed by atoms with E-state index in [0.29, 0.717) is 33.1 Å². The van der Waals surface area contributed by atoms with Crippen LogP contribution in [-0.2, 0) is 21.5 Å². The summed E-state index contributed by atoms with van der Waals surface area (Å²) < 4.78 is 9.40. The molecule has 0 radical (unpaired) electrons. The molecule has 1 aliphatic carbocycles. The average molecular weight is 696 g/mol. The lowest BCUT2D eigenvalue weighted by Crippen LogP contribution is -2.53. The largest absolute Gasteiger partial charge is 0.503 e. The van der Waals surface area contributed by atoms with E-state index in [1.807, 2.05) is 36.4 Å². The van der Waals surface area contributed by atoms with Gasteiger partial charge in [0.2, 0.25) is 11.8 Å². The van der Waals surface area contributed by atoms with Crippen molar-refractivity contribution < 1.29 is 19.4 Å². The van der Waals surface area contributed by atoms with Crippen molar-refractivity contribution in [3.05, 3.63) is 151 Å². The second kappa shape index (κ2) is 11.4. The van der Waals surface area contributed by atoms with Crippen LogP contribution in [0.5, 0.6) is 11.5 Å². The predicted octanol–water partition coefficient (Wildman–Crippen LogP) is 5.62. The number of para-hydroxylation sites is 1. The Labute approximate surface area is 289 Å². The molecule has 1 saturated carbocycles. The van der Waals surface area contributed by atoms with Crippen LogP contribution in [0, 0.1) is 5.92 Å². The van der Waals surface area contributed by atoms with Crippen LogP contribution in [0.15, 0.2) is 118 Å². The van der Waals surface area contributed by atoms with Crippen LogP contribution in [0.3, 0.4) is 0 Å². The van der Waals surface area contributed by atoms with Crippen LogP contribution in [0.1, 0.15) is 29.5 Å². The zero-order chi connectivity index (χ0) is 34.2. The van der Waals surface area contributed by atoms with Crippen LogP contribution >= 0.6 is 23.2 Å². The first-order valence-electron chi connectivity index (χ1n) is 15.6.